The zero-order chi connectivity index (χ0) is 8.20. The molecule has 0 amide bonds. The average molecular weight is 141 g/mol. The van der Waals surface area contributed by atoms with Crippen LogP contribution in [-0.2, 0) is 9.84 Å². The Morgan fingerprint density at radius 3 is 2.30 bits per heavy atom. The predicted octanol–water partition coefficient (Wildman–Crippen LogP) is 2.11. The summed E-state index contributed by atoms with van der Waals surface area (Å²) in [5, 5.41) is 10.5. The maximum atomic E-state index is 10.5. The Kier molecular flexibility index (Phi) is 3.04. The molecular weight excluding hydrogens is 128 g/mol. The normalized spacial score (nSPS) is 10.0. The molecule has 1 radical (unpaired) electrons. The molecule has 0 bridgehead atoms. The van der Waals surface area contributed by atoms with Gasteiger partial charge in [-0.05, 0) is 17.2 Å². The molecule has 0 aliphatic heterocycles. The zero-order valence-corrected chi connectivity index (χ0v) is 6.89. The fourth-order valence-electron chi connectivity index (χ4n) is 0.334. The molecule has 0 rings (SSSR count). The zero-order valence-electron chi connectivity index (χ0n) is 6.89. The molecule has 10 heavy (non-hydrogen) atoms. The highest BCUT2D eigenvalue weighted by Crippen LogP contribution is 2.13. The lowest BCUT2D eigenvalue weighted by atomic mass is 9.97. The maximum Gasteiger partial charge on any atom is 0.375 e. The van der Waals surface area contributed by atoms with E-state index < -0.39 is 5.95 Å². The Morgan fingerprint density at radius 2 is 2.00 bits per heavy atom. The molecule has 0 heterocycles. The van der Waals surface area contributed by atoms with Gasteiger partial charge in [0.1, 0.15) is 0 Å². The molecule has 0 fully saturated rings. The van der Waals surface area contributed by atoms with E-state index in [-0.39, 0.29) is 5.41 Å². The highest BCUT2D eigenvalue weighted by Gasteiger charge is 2.03. The van der Waals surface area contributed by atoms with Crippen LogP contribution in [0.2, 0.25) is 0 Å². The first-order valence-corrected chi connectivity index (χ1v) is 3.14. The highest BCUT2D eigenvalue weighted by atomic mass is 16.6. The number of hydrogen-bond acceptors (Lipinski definition) is 1. The van der Waals surface area contributed by atoms with Crippen LogP contribution >= 0.6 is 0 Å². The summed E-state index contributed by atoms with van der Waals surface area (Å²) in [5.41, 5.74) is 2.48. The molecule has 0 aromatic carbocycles. The SMILES string of the molecule is COC([O])=C=CC(C)(C)C. The standard InChI is InChI=1S/C8H13O2/c1-8(2,3)6-5-7(9)10-4/h6H,1-4H3. The molecule has 0 aromatic rings. The second kappa shape index (κ2) is 3.33. The smallest absolute Gasteiger partial charge is 0.375 e. The van der Waals surface area contributed by atoms with Crippen molar-refractivity contribution in [3.05, 3.63) is 17.8 Å². The van der Waals surface area contributed by atoms with Gasteiger partial charge in [-0.15, -0.1) is 0 Å². The Hall–Kier alpha value is -0.880. The summed E-state index contributed by atoms with van der Waals surface area (Å²) in [7, 11) is 1.34. The van der Waals surface area contributed by atoms with Crippen molar-refractivity contribution in [3.63, 3.8) is 0 Å². The number of ether oxygens (including phenoxy) is 1. The van der Waals surface area contributed by atoms with Gasteiger partial charge in [-0.1, -0.05) is 20.8 Å². The molecule has 0 atom stereocenters. The van der Waals surface area contributed by atoms with Crippen LogP contribution in [0.1, 0.15) is 20.8 Å². The summed E-state index contributed by atoms with van der Waals surface area (Å²) in [4.78, 5) is 0. The number of allylic oxidation sites excluding steroid dienone is 1. The first-order valence-electron chi connectivity index (χ1n) is 3.14. The van der Waals surface area contributed by atoms with Crippen LogP contribution in [0.3, 0.4) is 0 Å². The van der Waals surface area contributed by atoms with Crippen molar-refractivity contribution < 1.29 is 9.84 Å². The third-order valence-electron chi connectivity index (χ3n) is 0.808. The van der Waals surface area contributed by atoms with E-state index in [0.717, 1.165) is 0 Å². The topological polar surface area (TPSA) is 29.1 Å². The summed E-state index contributed by atoms with van der Waals surface area (Å²) in [6.07, 6.45) is 1.69. The van der Waals surface area contributed by atoms with Crippen LogP contribution in [0.15, 0.2) is 17.8 Å². The third-order valence-corrected chi connectivity index (χ3v) is 0.808. The van der Waals surface area contributed by atoms with Crippen molar-refractivity contribution in [3.8, 4) is 0 Å². The van der Waals surface area contributed by atoms with Crippen molar-refractivity contribution in [2.45, 2.75) is 20.8 Å². The van der Waals surface area contributed by atoms with Gasteiger partial charge in [0, 0.05) is 0 Å². The van der Waals surface area contributed by atoms with Crippen LogP contribution in [0.4, 0.5) is 0 Å². The van der Waals surface area contributed by atoms with Crippen LogP contribution in [0, 0.1) is 5.41 Å². The van der Waals surface area contributed by atoms with Crippen molar-refractivity contribution in [2.24, 2.45) is 5.41 Å². The summed E-state index contributed by atoms with van der Waals surface area (Å²) < 4.78 is 4.36. The van der Waals surface area contributed by atoms with E-state index in [1.54, 1.807) is 6.08 Å². The molecular formula is C8H13O2. The minimum Gasteiger partial charge on any atom is -0.460 e. The lowest BCUT2D eigenvalue weighted by Crippen LogP contribution is -1.97. The molecule has 0 unspecified atom stereocenters. The fourth-order valence-corrected chi connectivity index (χ4v) is 0.334. The minimum atomic E-state index is -0.421. The van der Waals surface area contributed by atoms with Crippen molar-refractivity contribution in [1.82, 2.24) is 0 Å². The molecule has 0 saturated heterocycles. The first-order chi connectivity index (χ1) is 4.45. The van der Waals surface area contributed by atoms with E-state index in [9.17, 15) is 5.11 Å². The summed E-state index contributed by atoms with van der Waals surface area (Å²) in [5.74, 6) is -0.421. The molecule has 0 saturated carbocycles. The van der Waals surface area contributed by atoms with Gasteiger partial charge >= 0.3 is 5.95 Å². The third kappa shape index (κ3) is 5.26. The molecule has 2 nitrogen and oxygen atoms in total. The predicted molar refractivity (Wildman–Crippen MR) is 38.7 cm³/mol. The Labute approximate surface area is 61.8 Å². The van der Waals surface area contributed by atoms with Gasteiger partial charge in [-0.3, -0.25) is 0 Å². The Balaban J connectivity index is 4.23. The molecule has 0 aliphatic rings. The number of hydrogen-bond donors (Lipinski definition) is 0. The van der Waals surface area contributed by atoms with Crippen molar-refractivity contribution >= 4 is 0 Å². The lowest BCUT2D eigenvalue weighted by Gasteiger charge is -2.08. The van der Waals surface area contributed by atoms with E-state index in [0.29, 0.717) is 0 Å². The molecule has 0 N–H and O–H groups in total. The summed E-state index contributed by atoms with van der Waals surface area (Å²) in [6, 6.07) is 0. The maximum absolute atomic E-state index is 10.5. The van der Waals surface area contributed by atoms with Gasteiger partial charge < -0.3 is 4.74 Å². The van der Waals surface area contributed by atoms with Gasteiger partial charge in [0.2, 0.25) is 0 Å². The number of methoxy groups -OCH3 is 1. The van der Waals surface area contributed by atoms with Gasteiger partial charge in [0.15, 0.2) is 0 Å². The van der Waals surface area contributed by atoms with Crippen LogP contribution in [0.25, 0.3) is 0 Å². The quantitative estimate of drug-likeness (QED) is 0.406. The average Bonchev–Trinajstić information content (AvgIpc) is 1.81. The van der Waals surface area contributed by atoms with Crippen LogP contribution in [-0.4, -0.2) is 7.11 Å². The largest absolute Gasteiger partial charge is 0.460 e. The minimum absolute atomic E-state index is 0.00576. The molecule has 0 spiro atoms. The second-order valence-electron chi connectivity index (χ2n) is 3.15. The molecule has 0 aromatic heterocycles. The molecule has 2 heteroatoms. The Morgan fingerprint density at radius 1 is 1.50 bits per heavy atom. The van der Waals surface area contributed by atoms with E-state index in [2.05, 4.69) is 10.5 Å². The van der Waals surface area contributed by atoms with Crippen molar-refractivity contribution in [2.75, 3.05) is 7.11 Å². The van der Waals surface area contributed by atoms with Crippen LogP contribution in [0.5, 0.6) is 0 Å². The second-order valence-corrected chi connectivity index (χ2v) is 3.15. The lowest BCUT2D eigenvalue weighted by molar-refractivity contribution is 0.0875. The van der Waals surface area contributed by atoms with Gasteiger partial charge in [-0.25, -0.2) is 5.11 Å². The van der Waals surface area contributed by atoms with E-state index >= 15 is 0 Å². The van der Waals surface area contributed by atoms with Gasteiger partial charge in [-0.2, -0.15) is 0 Å². The van der Waals surface area contributed by atoms with E-state index in [4.69, 9.17) is 0 Å². The Bertz CT molecular complexity index is 157. The van der Waals surface area contributed by atoms with Crippen LogP contribution < -0.4 is 0 Å². The molecule has 57 valence electrons. The fraction of sp³-hybridized carbons (Fsp3) is 0.625. The summed E-state index contributed by atoms with van der Waals surface area (Å²) >= 11 is 0. The van der Waals surface area contributed by atoms with Gasteiger partial charge in [0.05, 0.1) is 7.11 Å². The van der Waals surface area contributed by atoms with Crippen molar-refractivity contribution in [1.29, 1.82) is 0 Å². The van der Waals surface area contributed by atoms with E-state index in [1.807, 2.05) is 20.8 Å². The monoisotopic (exact) mass is 141 g/mol. The van der Waals surface area contributed by atoms with E-state index in [1.165, 1.54) is 7.11 Å². The van der Waals surface area contributed by atoms with Gasteiger partial charge in [0.25, 0.3) is 0 Å². The molecule has 0 aliphatic carbocycles. The first kappa shape index (κ1) is 9.12. The highest BCUT2D eigenvalue weighted by molar-refractivity contribution is 4.92. The summed E-state index contributed by atoms with van der Waals surface area (Å²) in [6.45, 7) is 5.97. The number of rotatable bonds is 1.